The largest absolute Gasteiger partial charge is 0.434 e. The Labute approximate surface area is 165 Å². The van der Waals surface area contributed by atoms with Gasteiger partial charge in [0.1, 0.15) is 5.75 Å². The van der Waals surface area contributed by atoms with E-state index in [0.29, 0.717) is 22.0 Å². The number of rotatable bonds is 7. The molecular formula is C20H19F2N3O2S. The second kappa shape index (κ2) is 8.79. The molecule has 0 unspecified atom stereocenters. The molecule has 8 heteroatoms. The third-order valence-electron chi connectivity index (χ3n) is 4.15. The van der Waals surface area contributed by atoms with Crippen molar-refractivity contribution < 1.29 is 18.3 Å². The van der Waals surface area contributed by atoms with Crippen molar-refractivity contribution >= 4 is 28.1 Å². The van der Waals surface area contributed by atoms with Crippen LogP contribution in [0.1, 0.15) is 17.3 Å². The molecule has 0 fully saturated rings. The molecule has 0 spiro atoms. The Morgan fingerprint density at radius 3 is 2.61 bits per heavy atom. The van der Waals surface area contributed by atoms with Gasteiger partial charge in [0.2, 0.25) is 0 Å². The second-order valence-corrected chi connectivity index (χ2v) is 6.79. The van der Waals surface area contributed by atoms with Crippen LogP contribution < -0.4 is 15.0 Å². The van der Waals surface area contributed by atoms with E-state index in [1.165, 1.54) is 17.4 Å². The van der Waals surface area contributed by atoms with E-state index in [-0.39, 0.29) is 11.7 Å². The van der Waals surface area contributed by atoms with E-state index in [1.54, 1.807) is 35.7 Å². The van der Waals surface area contributed by atoms with Crippen LogP contribution in [0.4, 0.5) is 19.6 Å². The quantitative estimate of drug-likeness (QED) is 0.595. The van der Waals surface area contributed by atoms with Gasteiger partial charge in [-0.3, -0.25) is 10.1 Å². The van der Waals surface area contributed by atoms with E-state index in [0.717, 1.165) is 12.2 Å². The Hall–Kier alpha value is -3.00. The highest BCUT2D eigenvalue weighted by atomic mass is 32.1. The van der Waals surface area contributed by atoms with Gasteiger partial charge in [-0.15, -0.1) is 11.3 Å². The first-order valence-corrected chi connectivity index (χ1v) is 9.48. The SMILES string of the molecule is CCN(C)c1ccc(C(=O)Nc2nc(-c3ccccc3OC(F)F)cs2)cc1. The van der Waals surface area contributed by atoms with Crippen LogP contribution in [0, 0.1) is 0 Å². The summed E-state index contributed by atoms with van der Waals surface area (Å²) in [4.78, 5) is 18.8. The van der Waals surface area contributed by atoms with Crippen LogP contribution in [0.5, 0.6) is 5.75 Å². The van der Waals surface area contributed by atoms with Gasteiger partial charge in [0, 0.05) is 35.8 Å². The van der Waals surface area contributed by atoms with Crippen LogP contribution >= 0.6 is 11.3 Å². The van der Waals surface area contributed by atoms with Crippen LogP contribution in [0.25, 0.3) is 11.3 Å². The van der Waals surface area contributed by atoms with Gasteiger partial charge in [0.05, 0.1) is 5.69 Å². The molecule has 0 aliphatic carbocycles. The number of carbonyl (C=O) groups is 1. The molecule has 3 aromatic rings. The van der Waals surface area contributed by atoms with Gasteiger partial charge in [-0.1, -0.05) is 12.1 Å². The van der Waals surface area contributed by atoms with Crippen LogP contribution in [0.15, 0.2) is 53.9 Å². The number of hydrogen-bond donors (Lipinski definition) is 1. The number of anilines is 2. The maximum Gasteiger partial charge on any atom is 0.387 e. The molecule has 0 bridgehead atoms. The number of para-hydroxylation sites is 1. The van der Waals surface area contributed by atoms with Crippen LogP contribution in [-0.4, -0.2) is 31.1 Å². The summed E-state index contributed by atoms with van der Waals surface area (Å²) in [6.45, 7) is -0.0105. The van der Waals surface area contributed by atoms with Crippen molar-refractivity contribution in [3.05, 3.63) is 59.5 Å². The minimum atomic E-state index is -2.92. The Balaban J connectivity index is 1.74. The summed E-state index contributed by atoms with van der Waals surface area (Å²) in [7, 11) is 1.97. The molecule has 146 valence electrons. The van der Waals surface area contributed by atoms with Crippen molar-refractivity contribution in [2.45, 2.75) is 13.5 Å². The Morgan fingerprint density at radius 2 is 1.93 bits per heavy atom. The van der Waals surface area contributed by atoms with E-state index in [9.17, 15) is 13.6 Å². The average Bonchev–Trinajstić information content (AvgIpc) is 3.15. The lowest BCUT2D eigenvalue weighted by Crippen LogP contribution is -2.16. The molecule has 0 aliphatic heterocycles. The fourth-order valence-corrected chi connectivity index (χ4v) is 3.26. The molecule has 0 saturated carbocycles. The first kappa shape index (κ1) is 19.8. The van der Waals surface area contributed by atoms with Crippen molar-refractivity contribution in [2.75, 3.05) is 23.8 Å². The Morgan fingerprint density at radius 1 is 1.21 bits per heavy atom. The van der Waals surface area contributed by atoms with Gasteiger partial charge >= 0.3 is 6.61 Å². The Bertz CT molecular complexity index is 945. The average molecular weight is 403 g/mol. The highest BCUT2D eigenvalue weighted by Crippen LogP contribution is 2.33. The smallest absolute Gasteiger partial charge is 0.387 e. The number of benzene rings is 2. The summed E-state index contributed by atoms with van der Waals surface area (Å²) in [5, 5.41) is 4.80. The first-order chi connectivity index (χ1) is 13.5. The van der Waals surface area contributed by atoms with Crippen LogP contribution in [0.2, 0.25) is 0 Å². The zero-order valence-electron chi connectivity index (χ0n) is 15.4. The number of aromatic nitrogens is 1. The van der Waals surface area contributed by atoms with Crippen molar-refractivity contribution in [3.8, 4) is 17.0 Å². The molecule has 0 radical (unpaired) electrons. The first-order valence-electron chi connectivity index (χ1n) is 8.60. The lowest BCUT2D eigenvalue weighted by Gasteiger charge is -2.16. The maximum atomic E-state index is 12.6. The van der Waals surface area contributed by atoms with Crippen molar-refractivity contribution in [2.24, 2.45) is 0 Å². The minimum Gasteiger partial charge on any atom is -0.434 e. The van der Waals surface area contributed by atoms with Gasteiger partial charge < -0.3 is 9.64 Å². The number of nitrogens with one attached hydrogen (secondary N) is 1. The third kappa shape index (κ3) is 4.64. The topological polar surface area (TPSA) is 54.5 Å². The number of thiazole rings is 1. The van der Waals surface area contributed by atoms with Crippen LogP contribution in [0.3, 0.4) is 0 Å². The maximum absolute atomic E-state index is 12.6. The predicted octanol–water partition coefficient (Wildman–Crippen LogP) is 5.12. The highest BCUT2D eigenvalue weighted by Gasteiger charge is 2.15. The summed E-state index contributed by atoms with van der Waals surface area (Å²) < 4.78 is 29.7. The van der Waals surface area contributed by atoms with E-state index in [4.69, 9.17) is 0 Å². The molecule has 0 atom stereocenters. The number of nitrogens with zero attached hydrogens (tertiary/aromatic N) is 2. The molecule has 3 rings (SSSR count). The molecule has 0 saturated heterocycles. The summed E-state index contributed by atoms with van der Waals surface area (Å²) in [6, 6.07) is 13.7. The monoisotopic (exact) mass is 403 g/mol. The molecule has 2 aromatic carbocycles. The van der Waals surface area contributed by atoms with Gasteiger partial charge in [0.25, 0.3) is 5.91 Å². The lowest BCUT2D eigenvalue weighted by molar-refractivity contribution is -0.0494. The van der Waals surface area contributed by atoms with Crippen LogP contribution in [-0.2, 0) is 0 Å². The number of hydrogen-bond acceptors (Lipinski definition) is 5. The van der Waals surface area contributed by atoms with E-state index in [2.05, 4.69) is 19.9 Å². The zero-order valence-corrected chi connectivity index (χ0v) is 16.2. The molecule has 1 amide bonds. The number of carbonyl (C=O) groups excluding carboxylic acids is 1. The number of halogens is 2. The molecule has 1 aromatic heterocycles. The summed E-state index contributed by atoms with van der Waals surface area (Å²) >= 11 is 1.21. The van der Waals surface area contributed by atoms with Gasteiger partial charge in [-0.25, -0.2) is 4.98 Å². The standard InChI is InChI=1S/C20H19F2N3O2S/c1-3-25(2)14-10-8-13(9-11-14)18(26)24-20-23-16(12-28-20)15-6-4-5-7-17(15)27-19(21)22/h4-12,19H,3H2,1-2H3,(H,23,24,26). The van der Waals surface area contributed by atoms with Gasteiger partial charge in [0.15, 0.2) is 5.13 Å². The number of alkyl halides is 2. The molecule has 0 aliphatic rings. The van der Waals surface area contributed by atoms with Gasteiger partial charge in [-0.05, 0) is 43.3 Å². The molecule has 1 N–H and O–H groups in total. The number of ether oxygens (including phenoxy) is 1. The fourth-order valence-electron chi connectivity index (χ4n) is 2.55. The molecule has 1 heterocycles. The normalized spacial score (nSPS) is 10.8. The fraction of sp³-hybridized carbons (Fsp3) is 0.200. The van der Waals surface area contributed by atoms with E-state index < -0.39 is 6.61 Å². The predicted molar refractivity (Wildman–Crippen MR) is 108 cm³/mol. The Kier molecular flexibility index (Phi) is 6.20. The van der Waals surface area contributed by atoms with Crippen molar-refractivity contribution in [1.82, 2.24) is 4.98 Å². The van der Waals surface area contributed by atoms with Crippen molar-refractivity contribution in [1.29, 1.82) is 0 Å². The zero-order chi connectivity index (χ0) is 20.1. The molecule has 28 heavy (non-hydrogen) atoms. The van der Waals surface area contributed by atoms with Crippen molar-refractivity contribution in [3.63, 3.8) is 0 Å². The summed E-state index contributed by atoms with van der Waals surface area (Å²) in [5.41, 5.74) is 2.42. The third-order valence-corrected chi connectivity index (χ3v) is 4.91. The molecular weight excluding hydrogens is 384 g/mol. The second-order valence-electron chi connectivity index (χ2n) is 5.93. The van der Waals surface area contributed by atoms with E-state index >= 15 is 0 Å². The molecule has 5 nitrogen and oxygen atoms in total. The lowest BCUT2D eigenvalue weighted by atomic mass is 10.1. The van der Waals surface area contributed by atoms with Gasteiger partial charge in [-0.2, -0.15) is 8.78 Å². The van der Waals surface area contributed by atoms with E-state index in [1.807, 2.05) is 26.1 Å². The summed E-state index contributed by atoms with van der Waals surface area (Å²) in [6.07, 6.45) is 0. The summed E-state index contributed by atoms with van der Waals surface area (Å²) in [5.74, 6) is -0.250. The number of amides is 1. The highest BCUT2D eigenvalue weighted by molar-refractivity contribution is 7.14. The minimum absolute atomic E-state index is 0.0382.